The van der Waals surface area contributed by atoms with E-state index in [0.717, 1.165) is 19.1 Å². The minimum Gasteiger partial charge on any atom is -0.333 e. The van der Waals surface area contributed by atoms with E-state index in [1.54, 1.807) is 11.9 Å². The number of rotatable bonds is 3. The van der Waals surface area contributed by atoms with Crippen molar-refractivity contribution in [2.24, 2.45) is 11.3 Å². The SMILES string of the molecule is CCC[C@H]1C(=O)N(C)[C@](C)(C=O)C1(C)C. The minimum absolute atomic E-state index is 0.0253. The monoisotopic (exact) mass is 211 g/mol. The fourth-order valence-corrected chi connectivity index (χ4v) is 2.56. The molecular weight excluding hydrogens is 190 g/mol. The molecule has 1 rings (SSSR count). The van der Waals surface area contributed by atoms with Crippen molar-refractivity contribution < 1.29 is 9.59 Å². The van der Waals surface area contributed by atoms with Crippen LogP contribution in [-0.4, -0.2) is 29.7 Å². The molecule has 3 heteroatoms. The first-order valence-corrected chi connectivity index (χ1v) is 5.57. The summed E-state index contributed by atoms with van der Waals surface area (Å²) in [6.45, 7) is 7.96. The summed E-state index contributed by atoms with van der Waals surface area (Å²) in [5.74, 6) is 0.0825. The Balaban J connectivity index is 3.16. The molecular formula is C12H21NO2. The van der Waals surface area contributed by atoms with Gasteiger partial charge in [-0.1, -0.05) is 27.2 Å². The van der Waals surface area contributed by atoms with Crippen LogP contribution in [0.15, 0.2) is 0 Å². The second kappa shape index (κ2) is 3.62. The summed E-state index contributed by atoms with van der Waals surface area (Å²) < 4.78 is 0. The van der Waals surface area contributed by atoms with Gasteiger partial charge in [0.1, 0.15) is 11.8 Å². The number of amides is 1. The molecule has 1 heterocycles. The van der Waals surface area contributed by atoms with Crippen molar-refractivity contribution in [3.8, 4) is 0 Å². The Bertz CT molecular complexity index is 285. The van der Waals surface area contributed by atoms with Crippen molar-refractivity contribution in [3.63, 3.8) is 0 Å². The van der Waals surface area contributed by atoms with Crippen LogP contribution in [0.5, 0.6) is 0 Å². The average molecular weight is 211 g/mol. The van der Waals surface area contributed by atoms with E-state index in [9.17, 15) is 9.59 Å². The molecule has 0 unspecified atom stereocenters. The summed E-state index contributed by atoms with van der Waals surface area (Å²) in [7, 11) is 1.73. The fourth-order valence-electron chi connectivity index (χ4n) is 2.56. The van der Waals surface area contributed by atoms with Gasteiger partial charge >= 0.3 is 0 Å². The molecule has 0 bridgehead atoms. The molecule has 86 valence electrons. The molecule has 1 aliphatic heterocycles. The first-order chi connectivity index (χ1) is 6.82. The van der Waals surface area contributed by atoms with E-state index in [0.29, 0.717) is 0 Å². The van der Waals surface area contributed by atoms with E-state index in [4.69, 9.17) is 0 Å². The van der Waals surface area contributed by atoms with E-state index < -0.39 is 5.54 Å². The van der Waals surface area contributed by atoms with Gasteiger partial charge in [-0.3, -0.25) is 4.79 Å². The van der Waals surface area contributed by atoms with E-state index in [1.165, 1.54) is 0 Å². The third kappa shape index (κ3) is 1.40. The summed E-state index contributed by atoms with van der Waals surface area (Å²) in [4.78, 5) is 24.9. The molecule has 0 N–H and O–H groups in total. The Hall–Kier alpha value is -0.860. The zero-order valence-corrected chi connectivity index (χ0v) is 10.3. The van der Waals surface area contributed by atoms with Crippen LogP contribution in [0, 0.1) is 11.3 Å². The molecule has 3 nitrogen and oxygen atoms in total. The molecule has 0 saturated carbocycles. The minimum atomic E-state index is -0.663. The molecule has 0 aromatic carbocycles. The number of nitrogens with zero attached hydrogens (tertiary/aromatic N) is 1. The number of hydrogen-bond acceptors (Lipinski definition) is 2. The lowest BCUT2D eigenvalue weighted by atomic mass is 9.68. The number of carbonyl (C=O) groups is 2. The molecule has 0 spiro atoms. The predicted octanol–water partition coefficient (Wildman–Crippen LogP) is 1.86. The van der Waals surface area contributed by atoms with Gasteiger partial charge in [0.25, 0.3) is 0 Å². The smallest absolute Gasteiger partial charge is 0.226 e. The normalized spacial score (nSPS) is 34.6. The Morgan fingerprint density at radius 2 is 1.93 bits per heavy atom. The van der Waals surface area contributed by atoms with Crippen molar-refractivity contribution in [1.29, 1.82) is 0 Å². The lowest BCUT2D eigenvalue weighted by molar-refractivity contribution is -0.135. The Kier molecular flexibility index (Phi) is 2.94. The van der Waals surface area contributed by atoms with Crippen molar-refractivity contribution in [1.82, 2.24) is 4.90 Å². The van der Waals surface area contributed by atoms with Gasteiger partial charge in [0, 0.05) is 18.4 Å². The van der Waals surface area contributed by atoms with Crippen LogP contribution in [0.3, 0.4) is 0 Å². The van der Waals surface area contributed by atoms with Gasteiger partial charge in [-0.05, 0) is 13.3 Å². The Labute approximate surface area is 91.8 Å². The third-order valence-corrected chi connectivity index (χ3v) is 4.31. The van der Waals surface area contributed by atoms with Gasteiger partial charge in [-0.15, -0.1) is 0 Å². The van der Waals surface area contributed by atoms with Crippen molar-refractivity contribution >= 4 is 12.2 Å². The molecule has 0 radical (unpaired) electrons. The maximum atomic E-state index is 12.1. The summed E-state index contributed by atoms with van der Waals surface area (Å²) in [5.41, 5.74) is -0.944. The number of aldehydes is 1. The fraction of sp³-hybridized carbons (Fsp3) is 0.833. The quantitative estimate of drug-likeness (QED) is 0.668. The lowest BCUT2D eigenvalue weighted by Crippen LogP contribution is -2.50. The van der Waals surface area contributed by atoms with Crippen LogP contribution < -0.4 is 0 Å². The number of likely N-dealkylation sites (N-methyl/N-ethyl adjacent to an activating group) is 1. The molecule has 1 saturated heterocycles. The molecule has 0 aromatic heterocycles. The highest BCUT2D eigenvalue weighted by Gasteiger charge is 2.59. The molecule has 0 aromatic rings. The Morgan fingerprint density at radius 3 is 2.27 bits per heavy atom. The van der Waals surface area contributed by atoms with Gasteiger partial charge in [0.05, 0.1) is 0 Å². The first-order valence-electron chi connectivity index (χ1n) is 5.57. The van der Waals surface area contributed by atoms with E-state index in [2.05, 4.69) is 6.92 Å². The van der Waals surface area contributed by atoms with E-state index in [-0.39, 0.29) is 17.2 Å². The topological polar surface area (TPSA) is 37.4 Å². The highest BCUT2D eigenvalue weighted by molar-refractivity contribution is 5.89. The zero-order valence-electron chi connectivity index (χ0n) is 10.3. The molecule has 2 atom stereocenters. The van der Waals surface area contributed by atoms with Crippen molar-refractivity contribution in [2.45, 2.75) is 46.1 Å². The molecule has 15 heavy (non-hydrogen) atoms. The van der Waals surface area contributed by atoms with Gasteiger partial charge in [-0.2, -0.15) is 0 Å². The molecule has 1 amide bonds. The van der Waals surface area contributed by atoms with Crippen LogP contribution in [0.2, 0.25) is 0 Å². The third-order valence-electron chi connectivity index (χ3n) is 4.31. The maximum absolute atomic E-state index is 12.1. The lowest BCUT2D eigenvalue weighted by Gasteiger charge is -2.38. The summed E-state index contributed by atoms with van der Waals surface area (Å²) in [5, 5.41) is 0. The van der Waals surface area contributed by atoms with Gasteiger partial charge < -0.3 is 9.69 Å². The van der Waals surface area contributed by atoms with Crippen LogP contribution in [-0.2, 0) is 9.59 Å². The van der Waals surface area contributed by atoms with Crippen LogP contribution >= 0.6 is 0 Å². The standard InChI is InChI=1S/C12H21NO2/c1-6-7-9-10(15)13(5)12(4,8-14)11(9,2)3/h8-9H,6-7H2,1-5H3/t9-,12+/m0/s1. The number of carbonyl (C=O) groups excluding carboxylic acids is 2. The van der Waals surface area contributed by atoms with Crippen LogP contribution in [0.4, 0.5) is 0 Å². The maximum Gasteiger partial charge on any atom is 0.226 e. The average Bonchev–Trinajstić information content (AvgIpc) is 2.32. The van der Waals surface area contributed by atoms with Gasteiger partial charge in [-0.25, -0.2) is 0 Å². The van der Waals surface area contributed by atoms with Gasteiger partial charge in [0.2, 0.25) is 5.91 Å². The zero-order chi connectivity index (χ0) is 11.9. The second-order valence-corrected chi connectivity index (χ2v) is 5.23. The second-order valence-electron chi connectivity index (χ2n) is 5.23. The predicted molar refractivity (Wildman–Crippen MR) is 59.4 cm³/mol. The van der Waals surface area contributed by atoms with E-state index >= 15 is 0 Å². The first kappa shape index (κ1) is 12.2. The Morgan fingerprint density at radius 1 is 1.40 bits per heavy atom. The molecule has 1 fully saturated rings. The molecule has 1 aliphatic rings. The number of hydrogen-bond donors (Lipinski definition) is 0. The van der Waals surface area contributed by atoms with Crippen LogP contribution in [0.1, 0.15) is 40.5 Å². The van der Waals surface area contributed by atoms with Gasteiger partial charge in [0.15, 0.2) is 0 Å². The summed E-state index contributed by atoms with van der Waals surface area (Å²) in [6, 6.07) is 0. The van der Waals surface area contributed by atoms with Crippen LogP contribution in [0.25, 0.3) is 0 Å². The summed E-state index contributed by atoms with van der Waals surface area (Å²) in [6.07, 6.45) is 2.75. The highest BCUT2D eigenvalue weighted by atomic mass is 16.2. The number of likely N-dealkylation sites (tertiary alicyclic amines) is 1. The van der Waals surface area contributed by atoms with Crippen molar-refractivity contribution in [3.05, 3.63) is 0 Å². The van der Waals surface area contributed by atoms with Crippen molar-refractivity contribution in [2.75, 3.05) is 7.05 Å². The largest absolute Gasteiger partial charge is 0.333 e. The highest BCUT2D eigenvalue weighted by Crippen LogP contribution is 2.49. The molecule has 0 aliphatic carbocycles. The summed E-state index contributed by atoms with van der Waals surface area (Å²) >= 11 is 0. The van der Waals surface area contributed by atoms with E-state index in [1.807, 2.05) is 20.8 Å².